The first-order valence-electron chi connectivity index (χ1n) is 2.11. The van der Waals surface area contributed by atoms with Crippen molar-refractivity contribution >= 4 is 18.9 Å². The van der Waals surface area contributed by atoms with Crippen molar-refractivity contribution in [2.24, 2.45) is 0 Å². The van der Waals surface area contributed by atoms with Crippen LogP contribution in [-0.2, 0) is 19.3 Å². The second-order valence-electron chi connectivity index (χ2n) is 1.37. The molecular weight excluding hydrogens is 111 g/mol. The van der Waals surface area contributed by atoms with E-state index in [-0.39, 0.29) is 14.1 Å². The molecular formula is C3H3BO4. The molecule has 0 aromatic carbocycles. The van der Waals surface area contributed by atoms with E-state index in [1.165, 1.54) is 0 Å². The first kappa shape index (κ1) is 5.46. The first-order chi connectivity index (χ1) is 3.80. The summed E-state index contributed by atoms with van der Waals surface area (Å²) in [7, 11) is -0.237. The molecule has 0 saturated carbocycles. The second-order valence-corrected chi connectivity index (χ2v) is 1.37. The van der Waals surface area contributed by atoms with E-state index in [9.17, 15) is 9.59 Å². The van der Waals surface area contributed by atoms with Crippen molar-refractivity contribution in [2.45, 2.75) is 0 Å². The Bertz CT molecular complexity index is 115. The Morgan fingerprint density at radius 1 is 1.50 bits per heavy atom. The minimum absolute atomic E-state index is 0.237. The summed E-state index contributed by atoms with van der Waals surface area (Å²) in [4.78, 5) is 28.8. The highest BCUT2D eigenvalue weighted by Crippen LogP contribution is 1.88. The minimum atomic E-state index is -0.517. The minimum Gasteiger partial charge on any atom is -0.299 e. The highest BCUT2D eigenvalue weighted by atomic mass is 17.2. The molecule has 5 heteroatoms. The Morgan fingerprint density at radius 3 is 2.62 bits per heavy atom. The van der Waals surface area contributed by atoms with Gasteiger partial charge in [-0.05, 0) is 0 Å². The monoisotopic (exact) mass is 114 g/mol. The van der Waals surface area contributed by atoms with E-state index in [1.807, 2.05) is 0 Å². The normalized spacial score (nSPS) is 20.5. The van der Waals surface area contributed by atoms with Crippen molar-refractivity contribution < 1.29 is 19.3 Å². The summed E-state index contributed by atoms with van der Waals surface area (Å²) in [6.45, 7) is -0.237. The summed E-state index contributed by atoms with van der Waals surface area (Å²) >= 11 is 0. The average Bonchev–Trinajstić information content (AvgIpc) is 1.77. The lowest BCUT2D eigenvalue weighted by atomic mass is 9.90. The maximum absolute atomic E-state index is 10.2. The molecule has 0 unspecified atom stereocenters. The summed E-state index contributed by atoms with van der Waals surface area (Å²) in [5, 5.41) is 0. The van der Waals surface area contributed by atoms with Crippen LogP contribution in [0, 0.1) is 0 Å². The molecule has 1 saturated heterocycles. The third-order valence-electron chi connectivity index (χ3n) is 0.774. The average molecular weight is 114 g/mol. The number of hydrogen-bond donors (Lipinski definition) is 0. The SMILES string of the molecule is O=C1BOOCC1=O. The van der Waals surface area contributed by atoms with E-state index >= 15 is 0 Å². The van der Waals surface area contributed by atoms with E-state index in [4.69, 9.17) is 0 Å². The second kappa shape index (κ2) is 2.06. The number of carbonyl (C=O) groups excluding carboxylic acids is 2. The van der Waals surface area contributed by atoms with Crippen LogP contribution in [0.4, 0.5) is 0 Å². The summed E-state index contributed by atoms with van der Waals surface area (Å²) < 4.78 is 0. The smallest absolute Gasteiger partial charge is 0.299 e. The van der Waals surface area contributed by atoms with Gasteiger partial charge < -0.3 is 0 Å². The summed E-state index contributed by atoms with van der Waals surface area (Å²) in [5.41, 5.74) is -0.517. The Morgan fingerprint density at radius 2 is 2.25 bits per heavy atom. The number of Topliss-reactive ketones (excluding diaryl/α,β-unsaturated/α-hetero) is 1. The largest absolute Gasteiger partial charge is 0.407 e. The zero-order valence-electron chi connectivity index (χ0n) is 4.05. The third-order valence-corrected chi connectivity index (χ3v) is 0.774. The molecule has 0 bridgehead atoms. The molecule has 0 radical (unpaired) electrons. The van der Waals surface area contributed by atoms with Crippen molar-refractivity contribution in [1.82, 2.24) is 0 Å². The number of ketones is 1. The molecule has 0 atom stereocenters. The lowest BCUT2D eigenvalue weighted by molar-refractivity contribution is -0.214. The van der Waals surface area contributed by atoms with Gasteiger partial charge in [0.25, 0.3) is 0 Å². The molecule has 0 aromatic rings. The number of rotatable bonds is 0. The summed E-state index contributed by atoms with van der Waals surface area (Å²) in [5.74, 6) is -0.517. The van der Waals surface area contributed by atoms with Crippen molar-refractivity contribution in [3.8, 4) is 0 Å². The molecule has 4 nitrogen and oxygen atoms in total. The highest BCUT2D eigenvalue weighted by Gasteiger charge is 2.21. The molecule has 0 amide bonds. The third kappa shape index (κ3) is 0.934. The van der Waals surface area contributed by atoms with E-state index in [0.29, 0.717) is 0 Å². The molecule has 0 aromatic heterocycles. The van der Waals surface area contributed by atoms with Gasteiger partial charge in [-0.2, -0.15) is 0 Å². The predicted octanol–water partition coefficient (Wildman–Crippen LogP) is -1.60. The van der Waals surface area contributed by atoms with Gasteiger partial charge in [0.1, 0.15) is 6.61 Å². The van der Waals surface area contributed by atoms with Gasteiger partial charge in [-0.3, -0.25) is 14.4 Å². The lowest BCUT2D eigenvalue weighted by Crippen LogP contribution is -2.32. The van der Waals surface area contributed by atoms with Crippen molar-refractivity contribution in [3.63, 3.8) is 0 Å². The van der Waals surface area contributed by atoms with Crippen LogP contribution in [0.3, 0.4) is 0 Å². The Labute approximate surface area is 46.0 Å². The van der Waals surface area contributed by atoms with Gasteiger partial charge in [0, 0.05) is 0 Å². The van der Waals surface area contributed by atoms with E-state index in [0.717, 1.165) is 0 Å². The first-order valence-corrected chi connectivity index (χ1v) is 2.11. The molecule has 1 rings (SSSR count). The van der Waals surface area contributed by atoms with Gasteiger partial charge in [0.15, 0.2) is 5.68 Å². The highest BCUT2D eigenvalue weighted by molar-refractivity contribution is 6.85. The van der Waals surface area contributed by atoms with Crippen LogP contribution in [0.15, 0.2) is 0 Å². The fraction of sp³-hybridized carbons (Fsp3) is 0.333. The van der Waals surface area contributed by atoms with Gasteiger partial charge >= 0.3 is 7.48 Å². The van der Waals surface area contributed by atoms with Gasteiger partial charge in [-0.15, -0.1) is 0 Å². The van der Waals surface area contributed by atoms with Crippen molar-refractivity contribution in [1.29, 1.82) is 0 Å². The molecule has 8 heavy (non-hydrogen) atoms. The fourth-order valence-electron chi connectivity index (χ4n) is 0.351. The topological polar surface area (TPSA) is 52.6 Å². The Hall–Kier alpha value is -0.675. The quantitative estimate of drug-likeness (QED) is 0.216. The molecule has 42 valence electrons. The van der Waals surface area contributed by atoms with Crippen LogP contribution < -0.4 is 0 Å². The predicted molar refractivity (Wildman–Crippen MR) is 24.2 cm³/mol. The summed E-state index contributed by atoms with van der Waals surface area (Å²) in [6.07, 6.45) is 0. The van der Waals surface area contributed by atoms with Crippen LogP contribution >= 0.6 is 0 Å². The Balaban J connectivity index is 2.52. The standard InChI is InChI=1S/C3H3BO4/c5-2-1-7-8-4-3(2)6/h4H,1H2. The van der Waals surface area contributed by atoms with Crippen LogP contribution in [0.2, 0.25) is 0 Å². The van der Waals surface area contributed by atoms with E-state index in [2.05, 4.69) is 9.69 Å². The van der Waals surface area contributed by atoms with Crippen LogP contribution in [0.5, 0.6) is 0 Å². The molecule has 1 aliphatic rings. The Kier molecular flexibility index (Phi) is 1.41. The zero-order valence-corrected chi connectivity index (χ0v) is 4.05. The molecule has 1 heterocycles. The molecule has 0 aliphatic carbocycles. The van der Waals surface area contributed by atoms with Crippen molar-refractivity contribution in [3.05, 3.63) is 0 Å². The van der Waals surface area contributed by atoms with Crippen LogP contribution in [0.1, 0.15) is 0 Å². The van der Waals surface area contributed by atoms with E-state index in [1.54, 1.807) is 0 Å². The van der Waals surface area contributed by atoms with Crippen LogP contribution in [-0.4, -0.2) is 25.6 Å². The van der Waals surface area contributed by atoms with E-state index < -0.39 is 11.5 Å². The van der Waals surface area contributed by atoms with Crippen molar-refractivity contribution in [2.75, 3.05) is 6.61 Å². The molecule has 1 fully saturated rings. The number of carbonyl (C=O) groups is 2. The van der Waals surface area contributed by atoms with Crippen LogP contribution in [0.25, 0.3) is 0 Å². The van der Waals surface area contributed by atoms with Gasteiger partial charge in [-0.1, -0.05) is 0 Å². The molecule has 0 N–H and O–H groups in total. The zero-order chi connectivity index (χ0) is 5.98. The summed E-state index contributed by atoms with van der Waals surface area (Å²) in [6, 6.07) is 0. The lowest BCUT2D eigenvalue weighted by Gasteiger charge is -2.05. The maximum Gasteiger partial charge on any atom is 0.407 e. The molecule has 1 aliphatic heterocycles. The molecule has 0 spiro atoms. The van der Waals surface area contributed by atoms with Gasteiger partial charge in [0.2, 0.25) is 5.78 Å². The number of hydrogen-bond acceptors (Lipinski definition) is 4. The van der Waals surface area contributed by atoms with Gasteiger partial charge in [-0.25, -0.2) is 4.89 Å². The fourth-order valence-corrected chi connectivity index (χ4v) is 0.351. The maximum atomic E-state index is 10.2. The van der Waals surface area contributed by atoms with Gasteiger partial charge in [0.05, 0.1) is 0 Å².